The molecule has 0 N–H and O–H groups in total. The van der Waals surface area contributed by atoms with Crippen LogP contribution < -0.4 is 0 Å². The van der Waals surface area contributed by atoms with E-state index in [-0.39, 0.29) is 5.41 Å². The molecule has 2 unspecified atom stereocenters. The lowest BCUT2D eigenvalue weighted by Crippen LogP contribution is -2.09. The zero-order valence-corrected chi connectivity index (χ0v) is 27.8. The van der Waals surface area contributed by atoms with Gasteiger partial charge in [-0.25, -0.2) is 4.98 Å². The largest absolute Gasteiger partial charge is 0.294 e. The smallest absolute Gasteiger partial charge is 0.237 e. The molecule has 0 amide bonds. The van der Waals surface area contributed by atoms with Crippen LogP contribution in [0.4, 0.5) is 0 Å². The predicted octanol–water partition coefficient (Wildman–Crippen LogP) is 11.4. The van der Waals surface area contributed by atoms with Gasteiger partial charge in [0.15, 0.2) is 0 Å². The molecule has 6 aromatic carbocycles. The molecule has 51 heavy (non-hydrogen) atoms. The Bertz CT molecular complexity index is 2670. The van der Waals surface area contributed by atoms with Gasteiger partial charge in [0.25, 0.3) is 0 Å². The second-order valence-electron chi connectivity index (χ2n) is 13.9. The van der Waals surface area contributed by atoms with Gasteiger partial charge in [0.2, 0.25) is 5.95 Å². The van der Waals surface area contributed by atoms with Gasteiger partial charge in [-0.2, -0.15) is 4.98 Å². The van der Waals surface area contributed by atoms with Crippen molar-refractivity contribution in [3.8, 4) is 34.2 Å². The molecular weight excluding hydrogens is 621 g/mol. The van der Waals surface area contributed by atoms with Crippen LogP contribution in [0, 0.1) is 5.92 Å². The number of allylic oxidation sites excluding steroid dienone is 4. The molecule has 0 aliphatic heterocycles. The summed E-state index contributed by atoms with van der Waals surface area (Å²) in [5, 5.41) is 4.78. The summed E-state index contributed by atoms with van der Waals surface area (Å²) in [5.74, 6) is 2.01. The van der Waals surface area contributed by atoms with Crippen molar-refractivity contribution in [2.24, 2.45) is 5.92 Å². The van der Waals surface area contributed by atoms with Gasteiger partial charge in [0.05, 0.1) is 27.8 Å². The normalized spacial score (nSPS) is 17.8. The van der Waals surface area contributed by atoms with Gasteiger partial charge in [-0.05, 0) is 65.4 Å². The molecule has 240 valence electrons. The molecule has 4 heteroatoms. The molecule has 0 spiro atoms. The third-order valence-electron chi connectivity index (χ3n) is 11.1. The second kappa shape index (κ2) is 10.7. The van der Waals surface area contributed by atoms with Crippen molar-refractivity contribution in [1.29, 1.82) is 0 Å². The Morgan fingerprint density at radius 1 is 0.490 bits per heavy atom. The zero-order valence-electron chi connectivity index (χ0n) is 27.8. The monoisotopic (exact) mass is 652 g/mol. The highest BCUT2D eigenvalue weighted by molar-refractivity contribution is 6.10. The lowest BCUT2D eigenvalue weighted by atomic mass is 9.86. The SMILES string of the molecule is C1=CC2CC2(c2cc(-c3ccccc3)cc(-c3cc(-n4c5ccccc5c5ccccc54)nc(-n4c5ccccc5c5ccccc54)n3)c2)C=C1. The molecule has 3 aromatic heterocycles. The van der Waals surface area contributed by atoms with E-state index in [1.54, 1.807) is 0 Å². The van der Waals surface area contributed by atoms with Gasteiger partial charge in [-0.1, -0.05) is 133 Å². The maximum atomic E-state index is 5.48. The quantitative estimate of drug-likeness (QED) is 0.185. The highest BCUT2D eigenvalue weighted by Gasteiger charge is 2.52. The van der Waals surface area contributed by atoms with Crippen LogP contribution in [0.1, 0.15) is 12.0 Å². The molecular formula is C47H32N4. The minimum atomic E-state index is 0.0205. The standard InChI is InChI=1S/C47H32N4/c1-2-14-31(15-3-1)32-26-33(28-35(27-32)47-25-13-12-16-34(47)30-47)40-29-45(50-41-21-8-4-17-36(41)37-18-5-9-22-42(37)50)49-46(48-40)51-43-23-10-6-19-38(43)39-20-7-11-24-44(39)51/h1-29,34H,30H2. The van der Waals surface area contributed by atoms with Crippen LogP contribution in [-0.2, 0) is 5.41 Å². The first-order valence-corrected chi connectivity index (χ1v) is 17.7. The first-order chi connectivity index (χ1) is 25.2. The summed E-state index contributed by atoms with van der Waals surface area (Å²) in [4.78, 5) is 10.9. The summed E-state index contributed by atoms with van der Waals surface area (Å²) >= 11 is 0. The van der Waals surface area contributed by atoms with E-state index in [0.717, 1.165) is 45.6 Å². The lowest BCUT2D eigenvalue weighted by molar-refractivity contribution is 0.818. The number of nitrogens with zero attached hydrogens (tertiary/aromatic N) is 4. The van der Waals surface area contributed by atoms with Crippen LogP contribution >= 0.6 is 0 Å². The van der Waals surface area contributed by atoms with Gasteiger partial charge in [-0.15, -0.1) is 0 Å². The first-order valence-electron chi connectivity index (χ1n) is 17.7. The summed E-state index contributed by atoms with van der Waals surface area (Å²) in [7, 11) is 0. The summed E-state index contributed by atoms with van der Waals surface area (Å²) in [6, 6.07) is 54.4. The lowest BCUT2D eigenvalue weighted by Gasteiger charge is -2.19. The van der Waals surface area contributed by atoms with Crippen molar-refractivity contribution in [2.75, 3.05) is 0 Å². The Morgan fingerprint density at radius 3 is 1.65 bits per heavy atom. The van der Waals surface area contributed by atoms with E-state index in [1.165, 1.54) is 38.2 Å². The van der Waals surface area contributed by atoms with Crippen LogP contribution in [0.25, 0.3) is 77.8 Å². The van der Waals surface area contributed by atoms with Crippen molar-refractivity contribution in [1.82, 2.24) is 19.1 Å². The molecule has 0 bridgehead atoms. The maximum absolute atomic E-state index is 5.48. The number of para-hydroxylation sites is 4. The Morgan fingerprint density at radius 2 is 1.04 bits per heavy atom. The minimum absolute atomic E-state index is 0.0205. The summed E-state index contributed by atoms with van der Waals surface area (Å²) in [5.41, 5.74) is 10.1. The highest BCUT2D eigenvalue weighted by atomic mass is 15.2. The third-order valence-corrected chi connectivity index (χ3v) is 11.1. The van der Waals surface area contributed by atoms with Gasteiger partial charge < -0.3 is 0 Å². The van der Waals surface area contributed by atoms with E-state index in [2.05, 4.69) is 185 Å². The van der Waals surface area contributed by atoms with Gasteiger partial charge in [0.1, 0.15) is 5.82 Å². The fourth-order valence-electron chi connectivity index (χ4n) is 8.52. The maximum Gasteiger partial charge on any atom is 0.237 e. The van der Waals surface area contributed by atoms with Crippen molar-refractivity contribution >= 4 is 43.6 Å². The molecule has 1 saturated carbocycles. The minimum Gasteiger partial charge on any atom is -0.294 e. The molecule has 0 radical (unpaired) electrons. The number of benzene rings is 6. The van der Waals surface area contributed by atoms with Crippen LogP contribution in [0.2, 0.25) is 0 Å². The molecule has 11 rings (SSSR count). The van der Waals surface area contributed by atoms with Gasteiger partial charge in [0, 0.05) is 38.6 Å². The summed E-state index contributed by atoms with van der Waals surface area (Å²) in [6.07, 6.45) is 10.3. The average molecular weight is 653 g/mol. The van der Waals surface area contributed by atoms with E-state index in [4.69, 9.17) is 9.97 Å². The number of fused-ring (bicyclic) bond motifs is 7. The third kappa shape index (κ3) is 4.26. The van der Waals surface area contributed by atoms with Crippen LogP contribution in [0.3, 0.4) is 0 Å². The van der Waals surface area contributed by atoms with Crippen molar-refractivity contribution in [3.05, 3.63) is 182 Å². The second-order valence-corrected chi connectivity index (χ2v) is 13.9. The number of hydrogen-bond donors (Lipinski definition) is 0. The highest BCUT2D eigenvalue weighted by Crippen LogP contribution is 2.58. The Labute approximate surface area is 295 Å². The number of aromatic nitrogens is 4. The molecule has 2 aliphatic rings. The Hall–Kier alpha value is -6.52. The molecule has 0 saturated heterocycles. The molecule has 2 atom stereocenters. The number of hydrogen-bond acceptors (Lipinski definition) is 2. The summed E-state index contributed by atoms with van der Waals surface area (Å²) in [6.45, 7) is 0. The van der Waals surface area contributed by atoms with Crippen molar-refractivity contribution in [2.45, 2.75) is 11.8 Å². The van der Waals surface area contributed by atoms with E-state index >= 15 is 0 Å². The van der Waals surface area contributed by atoms with Crippen LogP contribution in [-0.4, -0.2) is 19.1 Å². The van der Waals surface area contributed by atoms with Crippen molar-refractivity contribution < 1.29 is 0 Å². The van der Waals surface area contributed by atoms with Crippen LogP contribution in [0.5, 0.6) is 0 Å². The topological polar surface area (TPSA) is 35.6 Å². The Balaban J connectivity index is 1.23. The average Bonchev–Trinajstić information content (AvgIpc) is 3.74. The molecule has 1 fully saturated rings. The van der Waals surface area contributed by atoms with Crippen molar-refractivity contribution in [3.63, 3.8) is 0 Å². The molecule has 3 heterocycles. The number of rotatable bonds is 5. The van der Waals surface area contributed by atoms with Gasteiger partial charge >= 0.3 is 0 Å². The van der Waals surface area contributed by atoms with Crippen LogP contribution in [0.15, 0.2) is 176 Å². The van der Waals surface area contributed by atoms with E-state index in [0.29, 0.717) is 11.9 Å². The van der Waals surface area contributed by atoms with Gasteiger partial charge in [-0.3, -0.25) is 9.13 Å². The molecule has 9 aromatic rings. The molecule has 2 aliphatic carbocycles. The first kappa shape index (κ1) is 28.3. The van der Waals surface area contributed by atoms with E-state index in [1.807, 2.05) is 0 Å². The fraction of sp³-hybridized carbons (Fsp3) is 0.0638. The van der Waals surface area contributed by atoms with E-state index in [9.17, 15) is 0 Å². The molecule has 4 nitrogen and oxygen atoms in total. The van der Waals surface area contributed by atoms with E-state index < -0.39 is 0 Å². The zero-order chi connectivity index (χ0) is 33.5. The predicted molar refractivity (Wildman–Crippen MR) is 210 cm³/mol. The fourth-order valence-corrected chi connectivity index (χ4v) is 8.52. The summed E-state index contributed by atoms with van der Waals surface area (Å²) < 4.78 is 4.54. The Kier molecular flexibility index (Phi) is 5.97.